The molecule has 20 heteroatoms. The van der Waals surface area contributed by atoms with Crippen LogP contribution in [-0.2, 0) is 49.6 Å². The van der Waals surface area contributed by atoms with Crippen molar-refractivity contribution in [1.82, 2.24) is 25.2 Å². The van der Waals surface area contributed by atoms with E-state index in [0.717, 1.165) is 25.6 Å². The Morgan fingerprint density at radius 3 is 2.38 bits per heavy atom. The maximum absolute atomic E-state index is 14.5. The Morgan fingerprint density at radius 2 is 1.78 bits per heavy atom. The predicted octanol–water partition coefficient (Wildman–Crippen LogP) is 4.41. The molecule has 3 fully saturated rings. The van der Waals surface area contributed by atoms with E-state index in [0.29, 0.717) is 42.9 Å². The number of aliphatic hydroxyl groups is 3. The molecule has 69 heavy (non-hydrogen) atoms. The van der Waals surface area contributed by atoms with Gasteiger partial charge >= 0.3 is 5.97 Å². The molecule has 4 heterocycles. The van der Waals surface area contributed by atoms with Gasteiger partial charge in [-0.1, -0.05) is 57.1 Å². The van der Waals surface area contributed by atoms with E-state index in [1.54, 1.807) is 34.1 Å². The van der Waals surface area contributed by atoms with E-state index in [1.165, 1.54) is 42.8 Å². The molecule has 16 atom stereocenters. The average Bonchev–Trinajstić information content (AvgIpc) is 3.79. The maximum Gasteiger partial charge on any atom is 0.316 e. The quantitative estimate of drug-likeness (QED) is 0.110. The number of methoxy groups -OCH3 is 1. The van der Waals surface area contributed by atoms with Crippen molar-refractivity contribution >= 4 is 27.3 Å². The summed E-state index contributed by atoms with van der Waals surface area (Å²) in [7, 11) is 0.0833. The molecule has 1 aromatic carbocycles. The minimum atomic E-state index is -3.45. The molecule has 0 bridgehead atoms. The first kappa shape index (κ1) is 56.4. The number of aromatic nitrogens is 3. The third-order valence-electron chi connectivity index (χ3n) is 15.0. The normalized spacial score (nSPS) is 36.2. The lowest BCUT2D eigenvalue weighted by molar-refractivity contribution is -0.281. The van der Waals surface area contributed by atoms with Gasteiger partial charge in [0.25, 0.3) is 0 Å². The molecular formula is C49H79FN6O12S. The van der Waals surface area contributed by atoms with Crippen molar-refractivity contribution in [3.8, 4) is 0 Å². The van der Waals surface area contributed by atoms with Crippen LogP contribution in [0.5, 0.6) is 0 Å². The van der Waals surface area contributed by atoms with Gasteiger partial charge in [0.2, 0.25) is 0 Å². The van der Waals surface area contributed by atoms with Gasteiger partial charge in [-0.3, -0.25) is 9.59 Å². The number of benzene rings is 1. The highest BCUT2D eigenvalue weighted by Gasteiger charge is 2.51. The Morgan fingerprint density at radius 1 is 1.10 bits per heavy atom. The van der Waals surface area contributed by atoms with Crippen LogP contribution >= 0.6 is 0 Å². The van der Waals surface area contributed by atoms with E-state index in [4.69, 9.17) is 28.9 Å². The largest absolute Gasteiger partial charge is 0.459 e. The Bertz CT molecular complexity index is 2140. The fourth-order valence-corrected chi connectivity index (χ4v) is 11.0. The summed E-state index contributed by atoms with van der Waals surface area (Å²) in [6.45, 7) is 17.0. The van der Waals surface area contributed by atoms with Gasteiger partial charge in [-0.05, 0) is 91.1 Å². The summed E-state index contributed by atoms with van der Waals surface area (Å²) >= 11 is 0. The zero-order valence-electron chi connectivity index (χ0n) is 42.6. The average molecular weight is 995 g/mol. The highest BCUT2D eigenvalue weighted by molar-refractivity contribution is 7.90. The minimum absolute atomic E-state index is 0.0819. The first-order chi connectivity index (χ1) is 32.4. The zero-order valence-corrected chi connectivity index (χ0v) is 43.4. The number of hydrogen-bond acceptors (Lipinski definition) is 17. The Balaban J connectivity index is 1.39. The van der Waals surface area contributed by atoms with E-state index >= 15 is 0 Å². The van der Waals surface area contributed by atoms with Crippen LogP contribution in [-0.4, -0.2) is 162 Å². The maximum atomic E-state index is 14.5. The lowest BCUT2D eigenvalue weighted by Crippen LogP contribution is -2.58. The Kier molecular flexibility index (Phi) is 19.5. The number of carbonyl (C=O) groups excluding carboxylic acids is 2. The van der Waals surface area contributed by atoms with Crippen LogP contribution in [0.3, 0.4) is 0 Å². The second-order valence-electron chi connectivity index (χ2n) is 20.4. The van der Waals surface area contributed by atoms with E-state index < -0.39 is 99.9 Å². The number of oxime groups is 1. The van der Waals surface area contributed by atoms with E-state index in [-0.39, 0.29) is 41.9 Å². The second kappa shape index (κ2) is 23.8. The number of esters is 1. The highest BCUT2D eigenvalue weighted by Crippen LogP contribution is 2.40. The SMILES string of the molecule is CC[C@H]1OC(=O)[C@H](C)C(=O)[C@H](C)[C@@H](O[C@@H]2O[C@H](C)C[C@H](N(C)CCc3cn([C@H](CF)[C@H](O)c4ccc(S(C)(=O)=O)cc4)nn3)[C@H]2C)[C@](C)(OC)C[C@@H](C)/C(=N\O[C@@H]2CCCNC2)[C@H](C)[C@@H](O)[C@]1(C)O. The molecule has 3 saturated heterocycles. The second-order valence-corrected chi connectivity index (χ2v) is 22.4. The van der Waals surface area contributed by atoms with Gasteiger partial charge in [-0.15, -0.1) is 5.10 Å². The molecule has 18 nitrogen and oxygen atoms in total. The summed E-state index contributed by atoms with van der Waals surface area (Å²) in [6.07, 6.45) is -0.293. The molecule has 4 N–H and O–H groups in total. The van der Waals surface area contributed by atoms with Crippen molar-refractivity contribution in [3.05, 3.63) is 41.7 Å². The molecule has 3 aliphatic heterocycles. The number of rotatable bonds is 15. The molecular weight excluding hydrogens is 916 g/mol. The summed E-state index contributed by atoms with van der Waals surface area (Å²) in [5.74, 6) is -4.93. The summed E-state index contributed by atoms with van der Waals surface area (Å²) < 4.78 is 65.5. The van der Waals surface area contributed by atoms with Gasteiger partial charge < -0.3 is 49.3 Å². The standard InChI is InChI=1S/C49H79FN6O12S/c1-13-40-49(9,61)44(59)31(5)41(53-68-36-15-14-21-51-26-36)28(2)24-48(8,64-11)45(32(6)42(57)33(7)46(60)66-40)67-47-30(4)38(23-29(3)65-47)55(10)22-20-35-27-56(54-52-35)39(25-50)43(58)34-16-18-37(19-17-34)69(12,62)63/h16-19,27-33,36,38-40,43-45,47,51,58-59,61H,13-15,20-26H2,1-12H3/b53-41+/t28-,29-,30-,31+,32+,33-,36-,38+,39-,40-,43-,44-,45-,47+,48-,49-/m1/s1. The van der Waals surface area contributed by atoms with Crippen LogP contribution in [0.4, 0.5) is 4.39 Å². The summed E-state index contributed by atoms with van der Waals surface area (Å²) in [4.78, 5) is 36.7. The molecule has 0 amide bonds. The number of aliphatic hydroxyl groups excluding tert-OH is 2. The molecule has 2 aromatic rings. The lowest BCUT2D eigenvalue weighted by atomic mass is 9.74. The predicted molar refractivity (Wildman–Crippen MR) is 256 cm³/mol. The summed E-state index contributed by atoms with van der Waals surface area (Å²) in [5.41, 5.74) is -1.75. The van der Waals surface area contributed by atoms with E-state index in [1.807, 2.05) is 34.7 Å². The van der Waals surface area contributed by atoms with E-state index in [9.17, 15) is 37.7 Å². The molecule has 1 aromatic heterocycles. The van der Waals surface area contributed by atoms with Crippen molar-refractivity contribution < 1.29 is 61.5 Å². The Labute approximate surface area is 407 Å². The van der Waals surface area contributed by atoms with Crippen LogP contribution < -0.4 is 5.32 Å². The molecule has 3 aliphatic rings. The zero-order chi connectivity index (χ0) is 51.2. The molecule has 5 rings (SSSR count). The van der Waals surface area contributed by atoms with Gasteiger partial charge in [0, 0.05) is 68.8 Å². The van der Waals surface area contributed by atoms with Crippen molar-refractivity contribution in [2.24, 2.45) is 34.7 Å². The molecule has 0 saturated carbocycles. The van der Waals surface area contributed by atoms with Crippen LogP contribution in [0.25, 0.3) is 0 Å². The number of ketones is 1. The molecule has 0 spiro atoms. The monoisotopic (exact) mass is 995 g/mol. The van der Waals surface area contributed by atoms with Gasteiger partial charge in [-0.2, -0.15) is 0 Å². The number of alkyl halides is 1. The van der Waals surface area contributed by atoms with Gasteiger partial charge in [-0.25, -0.2) is 17.5 Å². The number of Topliss-reactive ketones (excluding diaryl/α,β-unsaturated/α-hetero) is 1. The number of nitrogens with one attached hydrogen (secondary N) is 1. The van der Waals surface area contributed by atoms with Gasteiger partial charge in [0.15, 0.2) is 21.9 Å². The number of sulfone groups is 1. The first-order valence-corrected chi connectivity index (χ1v) is 26.4. The summed E-state index contributed by atoms with van der Waals surface area (Å²) in [5, 5.41) is 51.3. The van der Waals surface area contributed by atoms with Crippen LogP contribution in [0, 0.1) is 29.6 Å². The fraction of sp³-hybridized carbons (Fsp3) is 0.776. The lowest BCUT2D eigenvalue weighted by Gasteiger charge is -2.48. The highest BCUT2D eigenvalue weighted by atomic mass is 32.2. The van der Waals surface area contributed by atoms with E-state index in [2.05, 4.69) is 20.5 Å². The van der Waals surface area contributed by atoms with Crippen LogP contribution in [0.1, 0.15) is 118 Å². The first-order valence-electron chi connectivity index (χ1n) is 24.5. The van der Waals surface area contributed by atoms with Crippen LogP contribution in [0.2, 0.25) is 0 Å². The van der Waals surface area contributed by atoms with Crippen LogP contribution in [0.15, 0.2) is 40.5 Å². The minimum Gasteiger partial charge on any atom is -0.459 e. The third kappa shape index (κ3) is 13.3. The molecule has 0 unspecified atom stereocenters. The number of ether oxygens (including phenoxy) is 4. The number of piperidine rings is 1. The smallest absolute Gasteiger partial charge is 0.316 e. The number of carbonyl (C=O) groups is 2. The number of likely N-dealkylation sites (N-methyl/N-ethyl adjacent to an activating group) is 1. The van der Waals surface area contributed by atoms with Gasteiger partial charge in [0.05, 0.1) is 40.2 Å². The number of cyclic esters (lactones) is 1. The third-order valence-corrected chi connectivity index (χ3v) is 16.1. The number of hydrogen-bond donors (Lipinski definition) is 4. The molecule has 0 aliphatic carbocycles. The summed E-state index contributed by atoms with van der Waals surface area (Å²) in [6, 6.07) is 4.48. The van der Waals surface area contributed by atoms with Gasteiger partial charge in [0.1, 0.15) is 42.5 Å². The Hall–Kier alpha value is -3.47. The van der Waals surface area contributed by atoms with Crippen molar-refractivity contribution in [2.75, 3.05) is 46.7 Å². The number of halogens is 1. The van der Waals surface area contributed by atoms with Crippen molar-refractivity contribution in [2.45, 2.75) is 172 Å². The van der Waals surface area contributed by atoms with Crippen molar-refractivity contribution in [1.29, 1.82) is 0 Å². The topological polar surface area (TPSA) is 233 Å². The van der Waals surface area contributed by atoms with Crippen molar-refractivity contribution in [3.63, 3.8) is 0 Å². The molecule has 390 valence electrons. The number of nitrogens with zero attached hydrogens (tertiary/aromatic N) is 5. The molecule has 0 radical (unpaired) electrons. The fourth-order valence-electron chi connectivity index (χ4n) is 10.4.